The van der Waals surface area contributed by atoms with Crippen molar-refractivity contribution in [2.45, 2.75) is 97.9 Å². The zero-order valence-electron chi connectivity index (χ0n) is 16.9. The zero-order chi connectivity index (χ0) is 18.8. The van der Waals surface area contributed by atoms with Gasteiger partial charge in [-0.3, -0.25) is 0 Å². The van der Waals surface area contributed by atoms with E-state index in [0.29, 0.717) is 24.9 Å². The molecule has 0 spiro atoms. The van der Waals surface area contributed by atoms with Gasteiger partial charge in [0, 0.05) is 33.2 Å². The molecule has 0 aromatic rings. The van der Waals surface area contributed by atoms with Gasteiger partial charge in [0.2, 0.25) is 0 Å². The van der Waals surface area contributed by atoms with Gasteiger partial charge in [-0.1, -0.05) is 44.9 Å². The summed E-state index contributed by atoms with van der Waals surface area (Å²) in [7, 11) is 0. The van der Waals surface area contributed by atoms with Crippen molar-refractivity contribution >= 4 is 17.3 Å². The van der Waals surface area contributed by atoms with E-state index in [9.17, 15) is 0 Å². The van der Waals surface area contributed by atoms with Gasteiger partial charge in [-0.05, 0) is 45.8 Å². The van der Waals surface area contributed by atoms with Crippen LogP contribution in [-0.4, -0.2) is 37.5 Å². The maximum absolute atomic E-state index is 5.75. The second-order valence-corrected chi connectivity index (χ2v) is 6.83. The molecule has 0 aliphatic carbocycles. The molecule has 0 N–H and O–H groups in total. The summed E-state index contributed by atoms with van der Waals surface area (Å²) in [6, 6.07) is 0. The van der Waals surface area contributed by atoms with Gasteiger partial charge in [0.1, 0.15) is 0 Å². The van der Waals surface area contributed by atoms with E-state index < -0.39 is 5.97 Å². The Labute approximate surface area is 160 Å². The predicted octanol–water partition coefficient (Wildman–Crippen LogP) is 6.01. The van der Waals surface area contributed by atoms with Crippen LogP contribution in [0.1, 0.15) is 91.9 Å². The molecular weight excluding hydrogens is 336 g/mol. The molecule has 4 nitrogen and oxygen atoms in total. The van der Waals surface area contributed by atoms with Crippen molar-refractivity contribution in [3.63, 3.8) is 0 Å². The molecule has 0 aliphatic heterocycles. The molecule has 0 rings (SSSR count). The van der Waals surface area contributed by atoms with E-state index in [-0.39, 0.29) is 0 Å². The van der Waals surface area contributed by atoms with Gasteiger partial charge in [0.25, 0.3) is 5.97 Å². The summed E-state index contributed by atoms with van der Waals surface area (Å²) in [4.78, 5) is 0. The summed E-state index contributed by atoms with van der Waals surface area (Å²) in [6.45, 7) is 10.4. The molecule has 0 atom stereocenters. The van der Waals surface area contributed by atoms with Crippen molar-refractivity contribution in [1.82, 2.24) is 0 Å². The molecular formula is C20H40O4S. The normalized spacial score (nSPS) is 11.7. The fraction of sp³-hybridized carbons (Fsp3) is 0.950. The van der Waals surface area contributed by atoms with Crippen molar-refractivity contribution in [2.24, 2.45) is 0 Å². The third kappa shape index (κ3) is 14.6. The van der Waals surface area contributed by atoms with E-state index >= 15 is 0 Å². The number of thiocarbonyl (C=S) groups is 1. The monoisotopic (exact) mass is 376 g/mol. The molecule has 0 aromatic carbocycles. The van der Waals surface area contributed by atoms with Crippen LogP contribution >= 0.6 is 12.2 Å². The van der Waals surface area contributed by atoms with Crippen molar-refractivity contribution in [3.05, 3.63) is 0 Å². The van der Waals surface area contributed by atoms with Crippen LogP contribution < -0.4 is 0 Å². The van der Waals surface area contributed by atoms with E-state index in [1.165, 1.54) is 44.9 Å². The molecule has 0 radical (unpaired) electrons. The number of hydrogen-bond donors (Lipinski definition) is 0. The quantitative estimate of drug-likeness (QED) is 0.166. The largest absolute Gasteiger partial charge is 0.487 e. The minimum atomic E-state index is -0.832. The van der Waals surface area contributed by atoms with Crippen molar-refractivity contribution in [2.75, 3.05) is 26.4 Å². The predicted molar refractivity (Wildman–Crippen MR) is 108 cm³/mol. The lowest BCUT2D eigenvalue weighted by molar-refractivity contribution is -0.380. The first-order valence-corrected chi connectivity index (χ1v) is 10.6. The minimum Gasteiger partial charge on any atom is -0.487 e. The van der Waals surface area contributed by atoms with Crippen LogP contribution in [0.15, 0.2) is 0 Å². The summed E-state index contributed by atoms with van der Waals surface area (Å²) < 4.78 is 22.6. The zero-order valence-corrected chi connectivity index (χ0v) is 17.8. The first-order valence-electron chi connectivity index (χ1n) is 10.2. The second-order valence-electron chi connectivity index (χ2n) is 6.25. The Morgan fingerprint density at radius 3 is 1.48 bits per heavy atom. The lowest BCUT2D eigenvalue weighted by Gasteiger charge is -2.32. The Hall–Kier alpha value is -0.230. The van der Waals surface area contributed by atoms with E-state index in [4.69, 9.17) is 31.2 Å². The highest BCUT2D eigenvalue weighted by molar-refractivity contribution is 7.80. The summed E-state index contributed by atoms with van der Waals surface area (Å²) in [5.41, 5.74) is 0. The Balaban J connectivity index is 3.61. The van der Waals surface area contributed by atoms with Crippen LogP contribution in [-0.2, 0) is 18.9 Å². The molecule has 150 valence electrons. The lowest BCUT2D eigenvalue weighted by atomic mass is 10.1. The molecule has 0 aromatic heterocycles. The molecule has 0 saturated heterocycles. The Bertz CT molecular complexity index is 293. The fourth-order valence-corrected chi connectivity index (χ4v) is 2.98. The van der Waals surface area contributed by atoms with Gasteiger partial charge in [0.05, 0.1) is 6.61 Å². The van der Waals surface area contributed by atoms with Crippen LogP contribution in [0.4, 0.5) is 0 Å². The Kier molecular flexibility index (Phi) is 17.0. The van der Waals surface area contributed by atoms with Gasteiger partial charge >= 0.3 is 0 Å². The van der Waals surface area contributed by atoms with Crippen molar-refractivity contribution in [3.8, 4) is 0 Å². The maximum atomic E-state index is 5.75. The Morgan fingerprint density at radius 1 is 0.680 bits per heavy atom. The second kappa shape index (κ2) is 17.2. The summed E-state index contributed by atoms with van der Waals surface area (Å²) in [6.07, 6.45) is 11.9. The average molecular weight is 377 g/mol. The summed E-state index contributed by atoms with van der Waals surface area (Å²) in [5.74, 6) is -0.832. The third-order valence-corrected chi connectivity index (χ3v) is 4.14. The van der Waals surface area contributed by atoms with Crippen LogP contribution in [0.25, 0.3) is 0 Å². The number of ether oxygens (including phenoxy) is 4. The van der Waals surface area contributed by atoms with E-state index in [1.807, 2.05) is 27.7 Å². The van der Waals surface area contributed by atoms with Crippen LogP contribution in [0.5, 0.6) is 0 Å². The van der Waals surface area contributed by atoms with Crippen LogP contribution in [0.2, 0.25) is 0 Å². The van der Waals surface area contributed by atoms with E-state index in [1.54, 1.807) is 0 Å². The minimum absolute atomic E-state index is 0.606. The SMILES string of the molecule is CCOC(CCCCCCCCCCCOC(C)=S)(OCC)OCC. The Morgan fingerprint density at radius 2 is 1.08 bits per heavy atom. The molecule has 25 heavy (non-hydrogen) atoms. The average Bonchev–Trinajstić information content (AvgIpc) is 2.56. The van der Waals surface area contributed by atoms with Gasteiger partial charge in [-0.15, -0.1) is 0 Å². The van der Waals surface area contributed by atoms with Crippen LogP contribution in [0.3, 0.4) is 0 Å². The molecule has 5 heteroatoms. The molecule has 0 amide bonds. The van der Waals surface area contributed by atoms with Crippen LogP contribution in [0, 0.1) is 0 Å². The van der Waals surface area contributed by atoms with Crippen molar-refractivity contribution in [1.29, 1.82) is 0 Å². The summed E-state index contributed by atoms with van der Waals surface area (Å²) >= 11 is 4.89. The highest BCUT2D eigenvalue weighted by atomic mass is 32.1. The van der Waals surface area contributed by atoms with Crippen molar-refractivity contribution < 1.29 is 18.9 Å². The maximum Gasteiger partial charge on any atom is 0.282 e. The standard InChI is InChI=1S/C20H40O4S/c1-5-22-20(23-6-2,24-7-3)17-15-13-11-9-8-10-12-14-16-18-21-19(4)25/h5-18H2,1-4H3. The van der Waals surface area contributed by atoms with Gasteiger partial charge < -0.3 is 18.9 Å². The molecule has 0 aliphatic rings. The lowest BCUT2D eigenvalue weighted by Crippen LogP contribution is -2.39. The first kappa shape index (κ1) is 24.8. The molecule has 0 heterocycles. The number of rotatable bonds is 18. The molecule has 0 unspecified atom stereocenters. The van der Waals surface area contributed by atoms with E-state index in [0.717, 1.165) is 25.9 Å². The number of hydrogen-bond acceptors (Lipinski definition) is 5. The third-order valence-electron chi connectivity index (χ3n) is 4.03. The first-order chi connectivity index (χ1) is 12.1. The van der Waals surface area contributed by atoms with Gasteiger partial charge in [-0.2, -0.15) is 0 Å². The van der Waals surface area contributed by atoms with Gasteiger partial charge in [-0.25, -0.2) is 0 Å². The van der Waals surface area contributed by atoms with Gasteiger partial charge in [0.15, 0.2) is 5.05 Å². The molecule has 0 fully saturated rings. The van der Waals surface area contributed by atoms with E-state index in [2.05, 4.69) is 0 Å². The highest BCUT2D eigenvalue weighted by Gasteiger charge is 2.31. The number of unbranched alkanes of at least 4 members (excludes halogenated alkanes) is 8. The smallest absolute Gasteiger partial charge is 0.282 e. The molecule has 0 saturated carbocycles. The molecule has 0 bridgehead atoms. The fourth-order valence-electron chi connectivity index (χ4n) is 2.90. The topological polar surface area (TPSA) is 36.9 Å². The highest BCUT2D eigenvalue weighted by Crippen LogP contribution is 2.24. The summed E-state index contributed by atoms with van der Waals surface area (Å²) in [5, 5.41) is 0.655.